The van der Waals surface area contributed by atoms with Crippen LogP contribution in [0, 0.1) is 16.7 Å². The molecule has 2 bridgehead atoms. The average molecular weight is 383 g/mol. The quantitative estimate of drug-likeness (QED) is 0.517. The van der Waals surface area contributed by atoms with Crippen LogP contribution < -0.4 is 10.6 Å². The maximum atomic E-state index is 12.6. The number of carbonyl (C=O) groups excluding carboxylic acids is 2. The first kappa shape index (κ1) is 20.8. The number of anilines is 1. The monoisotopic (exact) mass is 382 g/mol. The molecule has 2 saturated carbocycles. The van der Waals surface area contributed by atoms with Gasteiger partial charge in [-0.1, -0.05) is 38.5 Å². The van der Waals surface area contributed by atoms with E-state index < -0.39 is 0 Å². The van der Waals surface area contributed by atoms with E-state index in [2.05, 4.69) is 31.4 Å². The molecule has 0 radical (unpaired) electrons. The Kier molecular flexibility index (Phi) is 5.81. The molecule has 152 valence electrons. The van der Waals surface area contributed by atoms with Gasteiger partial charge in [0.05, 0.1) is 0 Å². The SMILES string of the molecule is CC(C)=CC(=O)Nc1cccc(C(=O)CCNC2CC3CCC2(C)C3(C)C)c1. The van der Waals surface area contributed by atoms with Gasteiger partial charge in [0.1, 0.15) is 0 Å². The minimum absolute atomic E-state index is 0.110. The Morgan fingerprint density at radius 3 is 2.57 bits per heavy atom. The molecule has 28 heavy (non-hydrogen) atoms. The van der Waals surface area contributed by atoms with E-state index in [0.717, 1.165) is 11.5 Å². The summed E-state index contributed by atoms with van der Waals surface area (Å²) in [5, 5.41) is 6.50. The largest absolute Gasteiger partial charge is 0.322 e. The van der Waals surface area contributed by atoms with Crippen LogP contribution in [0.3, 0.4) is 0 Å². The molecule has 3 rings (SSSR count). The predicted octanol–water partition coefficient (Wildman–Crippen LogP) is 4.97. The van der Waals surface area contributed by atoms with Crippen LogP contribution in [0.4, 0.5) is 5.69 Å². The molecule has 1 amide bonds. The molecule has 1 aromatic carbocycles. The smallest absolute Gasteiger partial charge is 0.248 e. The molecule has 2 N–H and O–H groups in total. The molecule has 0 heterocycles. The standard InChI is InChI=1S/C24H34N2O2/c1-16(2)13-22(28)26-19-8-6-7-17(14-19)20(27)10-12-25-21-15-18-9-11-24(21,5)23(18,3)4/h6-8,13-14,18,21,25H,9-12,15H2,1-5H3,(H,26,28). The van der Waals surface area contributed by atoms with E-state index in [9.17, 15) is 9.59 Å². The van der Waals surface area contributed by atoms with Gasteiger partial charge in [-0.3, -0.25) is 9.59 Å². The van der Waals surface area contributed by atoms with Crippen molar-refractivity contribution in [3.63, 3.8) is 0 Å². The van der Waals surface area contributed by atoms with Crippen LogP contribution in [0.2, 0.25) is 0 Å². The lowest BCUT2D eigenvalue weighted by Crippen LogP contribution is -2.45. The average Bonchev–Trinajstić information content (AvgIpc) is 2.94. The molecule has 4 heteroatoms. The van der Waals surface area contributed by atoms with Crippen LogP contribution in [0.25, 0.3) is 0 Å². The lowest BCUT2D eigenvalue weighted by molar-refractivity contribution is -0.111. The summed E-state index contributed by atoms with van der Waals surface area (Å²) < 4.78 is 0. The lowest BCUT2D eigenvalue weighted by Gasteiger charge is -2.39. The highest BCUT2D eigenvalue weighted by Crippen LogP contribution is 2.65. The maximum Gasteiger partial charge on any atom is 0.248 e. The zero-order valence-electron chi connectivity index (χ0n) is 17.9. The van der Waals surface area contributed by atoms with Gasteiger partial charge in [-0.15, -0.1) is 0 Å². The number of carbonyl (C=O) groups is 2. The number of rotatable bonds is 7. The first-order valence-corrected chi connectivity index (χ1v) is 10.5. The Hall–Kier alpha value is -1.94. The molecule has 3 atom stereocenters. The number of benzene rings is 1. The van der Waals surface area contributed by atoms with Crippen molar-refractivity contribution in [1.82, 2.24) is 5.32 Å². The number of fused-ring (bicyclic) bond motifs is 2. The van der Waals surface area contributed by atoms with E-state index in [1.54, 1.807) is 12.1 Å². The fourth-order valence-corrected chi connectivity index (χ4v) is 5.23. The number of allylic oxidation sites excluding steroid dienone is 1. The molecule has 4 nitrogen and oxygen atoms in total. The number of ketones is 1. The summed E-state index contributed by atoms with van der Waals surface area (Å²) >= 11 is 0. The van der Waals surface area contributed by atoms with Crippen molar-refractivity contribution in [2.75, 3.05) is 11.9 Å². The van der Waals surface area contributed by atoms with Crippen molar-refractivity contribution in [2.45, 2.75) is 66.3 Å². The third kappa shape index (κ3) is 3.93. The summed E-state index contributed by atoms with van der Waals surface area (Å²) in [6.07, 6.45) is 5.87. The Labute approximate surface area is 169 Å². The molecule has 0 spiro atoms. The van der Waals surface area contributed by atoms with E-state index in [4.69, 9.17) is 0 Å². The normalized spacial score (nSPS) is 27.5. The van der Waals surface area contributed by atoms with E-state index in [-0.39, 0.29) is 11.7 Å². The Morgan fingerprint density at radius 2 is 1.96 bits per heavy atom. The second-order valence-electron chi connectivity index (χ2n) is 9.58. The molecular formula is C24H34N2O2. The van der Waals surface area contributed by atoms with Crippen LogP contribution in [0.1, 0.15) is 70.7 Å². The zero-order valence-corrected chi connectivity index (χ0v) is 17.9. The highest BCUT2D eigenvalue weighted by molar-refractivity contribution is 6.01. The molecular weight excluding hydrogens is 348 g/mol. The topological polar surface area (TPSA) is 58.2 Å². The molecule has 2 fully saturated rings. The Morgan fingerprint density at radius 1 is 1.21 bits per heavy atom. The van der Waals surface area contributed by atoms with E-state index in [0.29, 0.717) is 41.1 Å². The van der Waals surface area contributed by atoms with E-state index in [1.807, 2.05) is 32.0 Å². The van der Waals surface area contributed by atoms with Gasteiger partial charge in [0.15, 0.2) is 5.78 Å². The molecule has 1 aromatic rings. The summed E-state index contributed by atoms with van der Waals surface area (Å²) in [5.74, 6) is 0.739. The van der Waals surface area contributed by atoms with E-state index in [1.165, 1.54) is 19.3 Å². The van der Waals surface area contributed by atoms with Crippen molar-refractivity contribution in [3.8, 4) is 0 Å². The maximum absolute atomic E-state index is 12.6. The minimum Gasteiger partial charge on any atom is -0.322 e. The summed E-state index contributed by atoms with van der Waals surface area (Å²) in [5.41, 5.74) is 2.95. The number of hydrogen-bond donors (Lipinski definition) is 2. The van der Waals surface area contributed by atoms with Crippen LogP contribution in [0.5, 0.6) is 0 Å². The van der Waals surface area contributed by atoms with Crippen molar-refractivity contribution in [3.05, 3.63) is 41.5 Å². The summed E-state index contributed by atoms with van der Waals surface area (Å²) in [7, 11) is 0. The molecule has 2 aliphatic carbocycles. The number of Topliss-reactive ketones (excluding diaryl/α,β-unsaturated/α-hetero) is 1. The van der Waals surface area contributed by atoms with Gasteiger partial charge < -0.3 is 10.6 Å². The van der Waals surface area contributed by atoms with Crippen molar-refractivity contribution < 1.29 is 9.59 Å². The second-order valence-corrected chi connectivity index (χ2v) is 9.58. The van der Waals surface area contributed by atoms with Gasteiger partial charge in [-0.05, 0) is 62.0 Å². The van der Waals surface area contributed by atoms with Gasteiger partial charge in [0.25, 0.3) is 0 Å². The number of nitrogens with one attached hydrogen (secondary N) is 2. The fourth-order valence-electron chi connectivity index (χ4n) is 5.23. The molecule has 0 saturated heterocycles. The second kappa shape index (κ2) is 7.82. The van der Waals surface area contributed by atoms with Gasteiger partial charge in [0, 0.05) is 36.3 Å². The predicted molar refractivity (Wildman–Crippen MR) is 114 cm³/mol. The van der Waals surface area contributed by atoms with Crippen LogP contribution >= 0.6 is 0 Å². The summed E-state index contributed by atoms with van der Waals surface area (Å²) in [4.78, 5) is 24.5. The van der Waals surface area contributed by atoms with Gasteiger partial charge in [-0.2, -0.15) is 0 Å². The Bertz CT molecular complexity index is 792. The molecule has 2 aliphatic rings. The molecule has 3 unspecified atom stereocenters. The van der Waals surface area contributed by atoms with Crippen molar-refractivity contribution >= 4 is 17.4 Å². The van der Waals surface area contributed by atoms with E-state index >= 15 is 0 Å². The first-order chi connectivity index (χ1) is 13.1. The number of amides is 1. The summed E-state index contributed by atoms with van der Waals surface area (Å²) in [6.45, 7) is 11.7. The fraction of sp³-hybridized carbons (Fsp3) is 0.583. The Balaban J connectivity index is 1.54. The summed E-state index contributed by atoms with van der Waals surface area (Å²) in [6, 6.07) is 7.72. The first-order valence-electron chi connectivity index (χ1n) is 10.5. The van der Waals surface area contributed by atoms with Gasteiger partial charge in [0.2, 0.25) is 5.91 Å². The third-order valence-electron chi connectivity index (χ3n) is 7.41. The van der Waals surface area contributed by atoms with Gasteiger partial charge >= 0.3 is 0 Å². The van der Waals surface area contributed by atoms with Crippen LogP contribution in [0.15, 0.2) is 35.9 Å². The van der Waals surface area contributed by atoms with Crippen molar-refractivity contribution in [1.29, 1.82) is 0 Å². The third-order valence-corrected chi connectivity index (χ3v) is 7.41. The highest BCUT2D eigenvalue weighted by Gasteiger charge is 2.60. The minimum atomic E-state index is -0.168. The highest BCUT2D eigenvalue weighted by atomic mass is 16.1. The molecule has 0 aliphatic heterocycles. The number of hydrogen-bond acceptors (Lipinski definition) is 3. The van der Waals surface area contributed by atoms with Gasteiger partial charge in [-0.25, -0.2) is 0 Å². The van der Waals surface area contributed by atoms with Crippen LogP contribution in [-0.2, 0) is 4.79 Å². The van der Waals surface area contributed by atoms with Crippen molar-refractivity contribution in [2.24, 2.45) is 16.7 Å². The van der Waals surface area contributed by atoms with Crippen LogP contribution in [-0.4, -0.2) is 24.3 Å². The zero-order chi connectivity index (χ0) is 20.5. The molecule has 0 aromatic heterocycles. The lowest BCUT2D eigenvalue weighted by atomic mass is 9.69.